The number of rotatable bonds is 7. The molecular formula is C11H18N2O3S. The number of hydrogen-bond acceptors (Lipinski definition) is 4. The van der Waals surface area contributed by atoms with Gasteiger partial charge in [0.2, 0.25) is 10.0 Å². The van der Waals surface area contributed by atoms with E-state index in [1.165, 1.54) is 0 Å². The van der Waals surface area contributed by atoms with Gasteiger partial charge in [-0.25, -0.2) is 8.42 Å². The fraction of sp³-hybridized carbons (Fsp3) is 0.455. The van der Waals surface area contributed by atoms with Gasteiger partial charge in [0.05, 0.1) is 12.9 Å². The summed E-state index contributed by atoms with van der Waals surface area (Å²) in [5.41, 5.74) is 1.69. The summed E-state index contributed by atoms with van der Waals surface area (Å²) >= 11 is 0. The first kappa shape index (κ1) is 14.0. The van der Waals surface area contributed by atoms with E-state index in [1.54, 1.807) is 12.1 Å². The third-order valence-electron chi connectivity index (χ3n) is 2.14. The summed E-state index contributed by atoms with van der Waals surface area (Å²) in [4.78, 5) is 0. The van der Waals surface area contributed by atoms with Crippen molar-refractivity contribution in [2.24, 2.45) is 0 Å². The number of sulfonamides is 1. The van der Waals surface area contributed by atoms with Crippen LogP contribution in [0.5, 0.6) is 0 Å². The molecule has 5 nitrogen and oxygen atoms in total. The fourth-order valence-electron chi connectivity index (χ4n) is 1.39. The van der Waals surface area contributed by atoms with Gasteiger partial charge >= 0.3 is 0 Å². The number of anilines is 1. The highest BCUT2D eigenvalue weighted by atomic mass is 32.2. The van der Waals surface area contributed by atoms with Crippen LogP contribution >= 0.6 is 0 Å². The molecule has 1 rings (SSSR count). The van der Waals surface area contributed by atoms with Gasteiger partial charge < -0.3 is 10.4 Å². The summed E-state index contributed by atoms with van der Waals surface area (Å²) < 4.78 is 24.4. The lowest BCUT2D eigenvalue weighted by atomic mass is 10.1. The first-order valence-electron chi connectivity index (χ1n) is 5.39. The first-order chi connectivity index (χ1) is 8.01. The lowest BCUT2D eigenvalue weighted by Gasteiger charge is -2.06. The summed E-state index contributed by atoms with van der Waals surface area (Å²) in [6.07, 6.45) is 1.97. The standard InChI is InChI=1S/C11H18N2O3S/c1-17(15,16)13-11-4-2-10(3-5-11)6-7-12-8-9-14/h2-5,12-14H,6-9H2,1H3. The van der Waals surface area contributed by atoms with Crippen LogP contribution in [-0.4, -0.2) is 39.5 Å². The Hall–Kier alpha value is -1.11. The van der Waals surface area contributed by atoms with Gasteiger partial charge in [-0.15, -0.1) is 0 Å². The minimum atomic E-state index is -3.20. The number of nitrogens with one attached hydrogen (secondary N) is 2. The topological polar surface area (TPSA) is 78.4 Å². The molecule has 3 N–H and O–H groups in total. The van der Waals surface area contributed by atoms with Crippen molar-refractivity contribution in [3.63, 3.8) is 0 Å². The van der Waals surface area contributed by atoms with Crippen LogP contribution < -0.4 is 10.0 Å². The van der Waals surface area contributed by atoms with Crippen molar-refractivity contribution < 1.29 is 13.5 Å². The molecule has 0 radical (unpaired) electrons. The normalized spacial score (nSPS) is 11.4. The van der Waals surface area contributed by atoms with E-state index in [0.29, 0.717) is 12.2 Å². The molecule has 0 saturated carbocycles. The summed E-state index contributed by atoms with van der Waals surface area (Å²) in [6, 6.07) is 7.24. The molecule has 0 aliphatic rings. The highest BCUT2D eigenvalue weighted by molar-refractivity contribution is 7.92. The van der Waals surface area contributed by atoms with Gasteiger partial charge in [-0.3, -0.25) is 4.72 Å². The van der Waals surface area contributed by atoms with Gasteiger partial charge in [0.25, 0.3) is 0 Å². The van der Waals surface area contributed by atoms with Gasteiger partial charge in [0.1, 0.15) is 0 Å². The maximum absolute atomic E-state index is 11.0. The van der Waals surface area contributed by atoms with Crippen LogP contribution in [0.4, 0.5) is 5.69 Å². The van der Waals surface area contributed by atoms with Crippen LogP contribution in [0.1, 0.15) is 5.56 Å². The first-order valence-corrected chi connectivity index (χ1v) is 7.29. The van der Waals surface area contributed by atoms with Gasteiger partial charge in [0.15, 0.2) is 0 Å². The number of aliphatic hydroxyl groups excluding tert-OH is 1. The van der Waals surface area contributed by atoms with Crippen LogP contribution in [0, 0.1) is 0 Å². The molecule has 0 amide bonds. The van der Waals surface area contributed by atoms with E-state index in [0.717, 1.165) is 24.8 Å². The van der Waals surface area contributed by atoms with Crippen molar-refractivity contribution in [3.8, 4) is 0 Å². The van der Waals surface area contributed by atoms with Crippen molar-refractivity contribution in [1.29, 1.82) is 0 Å². The second-order valence-corrected chi connectivity index (χ2v) is 5.54. The zero-order valence-corrected chi connectivity index (χ0v) is 10.6. The largest absolute Gasteiger partial charge is 0.395 e. The third kappa shape index (κ3) is 6.25. The molecule has 0 spiro atoms. The Morgan fingerprint density at radius 1 is 1.18 bits per heavy atom. The molecule has 0 aromatic heterocycles. The van der Waals surface area contributed by atoms with Crippen molar-refractivity contribution in [3.05, 3.63) is 29.8 Å². The van der Waals surface area contributed by atoms with E-state index >= 15 is 0 Å². The fourth-order valence-corrected chi connectivity index (χ4v) is 1.95. The molecular weight excluding hydrogens is 240 g/mol. The molecule has 0 atom stereocenters. The van der Waals surface area contributed by atoms with E-state index in [2.05, 4.69) is 10.0 Å². The third-order valence-corrected chi connectivity index (χ3v) is 2.74. The van der Waals surface area contributed by atoms with E-state index < -0.39 is 10.0 Å². The monoisotopic (exact) mass is 258 g/mol. The van der Waals surface area contributed by atoms with Crippen molar-refractivity contribution in [1.82, 2.24) is 5.32 Å². The lowest BCUT2D eigenvalue weighted by Crippen LogP contribution is -2.20. The van der Waals surface area contributed by atoms with Crippen molar-refractivity contribution in [2.45, 2.75) is 6.42 Å². The second-order valence-electron chi connectivity index (χ2n) is 3.79. The van der Waals surface area contributed by atoms with E-state index in [-0.39, 0.29) is 6.61 Å². The average molecular weight is 258 g/mol. The maximum Gasteiger partial charge on any atom is 0.229 e. The van der Waals surface area contributed by atoms with Crippen molar-refractivity contribution >= 4 is 15.7 Å². The summed E-state index contributed by atoms with van der Waals surface area (Å²) in [6.45, 7) is 1.52. The Bertz CT molecular complexity index is 429. The quantitative estimate of drug-likeness (QED) is 0.610. The molecule has 1 aromatic rings. The molecule has 0 aliphatic heterocycles. The Morgan fingerprint density at radius 2 is 1.82 bits per heavy atom. The molecule has 0 saturated heterocycles. The Balaban J connectivity index is 2.45. The molecule has 0 bridgehead atoms. The smallest absolute Gasteiger partial charge is 0.229 e. The molecule has 0 aliphatic carbocycles. The predicted molar refractivity (Wildman–Crippen MR) is 68.6 cm³/mol. The van der Waals surface area contributed by atoms with Crippen LogP contribution in [-0.2, 0) is 16.4 Å². The average Bonchev–Trinajstić information content (AvgIpc) is 2.25. The molecule has 17 heavy (non-hydrogen) atoms. The van der Waals surface area contributed by atoms with Crippen molar-refractivity contribution in [2.75, 3.05) is 30.7 Å². The zero-order chi connectivity index (χ0) is 12.7. The Kier molecular flexibility index (Phi) is 5.40. The van der Waals surface area contributed by atoms with Crippen LogP contribution in [0.3, 0.4) is 0 Å². The van der Waals surface area contributed by atoms with Gasteiger partial charge in [-0.1, -0.05) is 12.1 Å². The molecule has 0 fully saturated rings. The number of hydrogen-bond donors (Lipinski definition) is 3. The highest BCUT2D eigenvalue weighted by Crippen LogP contribution is 2.10. The SMILES string of the molecule is CS(=O)(=O)Nc1ccc(CCNCCO)cc1. The summed E-state index contributed by atoms with van der Waals surface area (Å²) in [5, 5.41) is 11.7. The minimum absolute atomic E-state index is 0.136. The maximum atomic E-state index is 11.0. The number of aliphatic hydroxyl groups is 1. The van der Waals surface area contributed by atoms with Crippen LogP contribution in [0.15, 0.2) is 24.3 Å². The second kappa shape index (κ2) is 6.58. The molecule has 96 valence electrons. The van der Waals surface area contributed by atoms with E-state index in [9.17, 15) is 8.42 Å². The summed E-state index contributed by atoms with van der Waals surface area (Å²) in [5.74, 6) is 0. The zero-order valence-electron chi connectivity index (χ0n) is 9.81. The van der Waals surface area contributed by atoms with E-state index in [4.69, 9.17) is 5.11 Å². The summed E-state index contributed by atoms with van der Waals surface area (Å²) in [7, 11) is -3.20. The van der Waals surface area contributed by atoms with E-state index in [1.807, 2.05) is 12.1 Å². The lowest BCUT2D eigenvalue weighted by molar-refractivity contribution is 0.293. The van der Waals surface area contributed by atoms with Crippen LogP contribution in [0.2, 0.25) is 0 Å². The van der Waals surface area contributed by atoms with Crippen LogP contribution in [0.25, 0.3) is 0 Å². The number of benzene rings is 1. The Morgan fingerprint density at radius 3 is 2.35 bits per heavy atom. The predicted octanol–water partition coefficient (Wildman–Crippen LogP) is 0.182. The Labute approximate surface area is 102 Å². The highest BCUT2D eigenvalue weighted by Gasteiger charge is 2.01. The van der Waals surface area contributed by atoms with Gasteiger partial charge in [0, 0.05) is 12.2 Å². The molecule has 6 heteroatoms. The molecule has 0 unspecified atom stereocenters. The molecule has 1 aromatic carbocycles. The van der Waals surface area contributed by atoms with Gasteiger partial charge in [-0.05, 0) is 30.7 Å². The van der Waals surface area contributed by atoms with Gasteiger partial charge in [-0.2, -0.15) is 0 Å². The molecule has 0 heterocycles. The minimum Gasteiger partial charge on any atom is -0.395 e.